The smallest absolute Gasteiger partial charge is 0.305 e. The number of hydrogen-bond donors (Lipinski definition) is 0. The van der Waals surface area contributed by atoms with E-state index in [1.165, 1.54) is 58.5 Å². The van der Waals surface area contributed by atoms with E-state index in [4.69, 9.17) is 9.47 Å². The van der Waals surface area contributed by atoms with Gasteiger partial charge >= 0.3 is 5.97 Å². The van der Waals surface area contributed by atoms with Crippen LogP contribution in [-0.4, -0.2) is 25.3 Å². The highest BCUT2D eigenvalue weighted by Crippen LogP contribution is 2.73. The van der Waals surface area contributed by atoms with E-state index in [1.807, 2.05) is 0 Å². The minimum atomic E-state index is -0.0562. The quantitative estimate of drug-likeness (QED) is 0.464. The van der Waals surface area contributed by atoms with Crippen molar-refractivity contribution in [2.75, 3.05) is 7.11 Å². The van der Waals surface area contributed by atoms with Gasteiger partial charge in [-0.25, -0.2) is 0 Å². The maximum absolute atomic E-state index is 11.7. The number of carbonyl (C=O) groups excluding carboxylic acids is 1. The van der Waals surface area contributed by atoms with Crippen LogP contribution in [0.5, 0.6) is 0 Å². The highest BCUT2D eigenvalue weighted by Gasteiger charge is 2.73. The molecule has 1 saturated heterocycles. The first kappa shape index (κ1) is 19.4. The van der Waals surface area contributed by atoms with E-state index >= 15 is 0 Å². The van der Waals surface area contributed by atoms with Gasteiger partial charge in [-0.05, 0) is 85.9 Å². The van der Waals surface area contributed by atoms with Crippen LogP contribution >= 0.6 is 0 Å². The summed E-state index contributed by atoms with van der Waals surface area (Å²) >= 11 is 0. The van der Waals surface area contributed by atoms with Gasteiger partial charge in [0.05, 0.1) is 19.3 Å². The van der Waals surface area contributed by atoms with E-state index in [2.05, 4.69) is 20.8 Å². The Kier molecular flexibility index (Phi) is 4.66. The molecule has 0 aromatic carbocycles. The van der Waals surface area contributed by atoms with E-state index < -0.39 is 0 Å². The van der Waals surface area contributed by atoms with Crippen LogP contribution in [0.1, 0.15) is 85.0 Å². The molecule has 4 aliphatic carbocycles. The first-order valence-corrected chi connectivity index (χ1v) is 12.1. The molecule has 158 valence electrons. The molecule has 0 N–H and O–H groups in total. The average Bonchev–Trinajstić information content (AvgIpc) is 3.41. The average molecular weight is 389 g/mol. The van der Waals surface area contributed by atoms with Crippen molar-refractivity contribution in [1.82, 2.24) is 0 Å². The van der Waals surface area contributed by atoms with Gasteiger partial charge in [0.2, 0.25) is 0 Å². The zero-order chi connectivity index (χ0) is 19.7. The standard InChI is InChI=1S/C25H40O3/c1-15(8-13-20(26)27-4)18-11-12-19-17-10-9-16-7-5-6-14-24(16,2)21(17)22-23(28-22)25(18,19)3/h15-19,21-23H,5-14H2,1-4H3/t15-,16+,17-,18+,19-,21+,22-,23+,24-,25+/m0/s1. The van der Waals surface area contributed by atoms with Gasteiger partial charge in [0.25, 0.3) is 0 Å². The van der Waals surface area contributed by atoms with Crippen molar-refractivity contribution in [2.24, 2.45) is 46.3 Å². The van der Waals surface area contributed by atoms with Crippen LogP contribution in [0.4, 0.5) is 0 Å². The molecule has 0 unspecified atom stereocenters. The van der Waals surface area contributed by atoms with Crippen LogP contribution in [0.25, 0.3) is 0 Å². The number of esters is 1. The summed E-state index contributed by atoms with van der Waals surface area (Å²) in [5.74, 6) is 4.72. The summed E-state index contributed by atoms with van der Waals surface area (Å²) in [5, 5.41) is 0. The summed E-state index contributed by atoms with van der Waals surface area (Å²) in [7, 11) is 1.51. The molecule has 3 heteroatoms. The summed E-state index contributed by atoms with van der Waals surface area (Å²) in [6.45, 7) is 7.59. The van der Waals surface area contributed by atoms with Crippen molar-refractivity contribution in [1.29, 1.82) is 0 Å². The normalized spacial score (nSPS) is 52.6. The Labute approximate surface area is 171 Å². The molecule has 0 bridgehead atoms. The lowest BCUT2D eigenvalue weighted by Crippen LogP contribution is -2.56. The van der Waals surface area contributed by atoms with E-state index in [0.29, 0.717) is 41.3 Å². The molecule has 0 radical (unpaired) electrons. The van der Waals surface area contributed by atoms with Crippen molar-refractivity contribution in [3.8, 4) is 0 Å². The monoisotopic (exact) mass is 388 g/mol. The summed E-state index contributed by atoms with van der Waals surface area (Å²) < 4.78 is 11.5. The molecule has 0 spiro atoms. The second-order valence-corrected chi connectivity index (χ2v) is 11.5. The van der Waals surface area contributed by atoms with E-state index in [-0.39, 0.29) is 5.97 Å². The lowest BCUT2D eigenvalue weighted by atomic mass is 9.44. The Hall–Kier alpha value is -0.570. The Balaban J connectivity index is 1.38. The number of methoxy groups -OCH3 is 1. The van der Waals surface area contributed by atoms with E-state index in [1.54, 1.807) is 0 Å². The molecular weight excluding hydrogens is 348 g/mol. The molecule has 28 heavy (non-hydrogen) atoms. The predicted octanol–water partition coefficient (Wildman–Crippen LogP) is 5.61. The van der Waals surface area contributed by atoms with Gasteiger partial charge in [-0.2, -0.15) is 0 Å². The van der Waals surface area contributed by atoms with E-state index in [0.717, 1.165) is 30.1 Å². The highest BCUT2D eigenvalue weighted by atomic mass is 16.6. The minimum absolute atomic E-state index is 0.0562. The molecule has 4 saturated carbocycles. The molecule has 10 atom stereocenters. The Morgan fingerprint density at radius 1 is 1.14 bits per heavy atom. The number of carbonyl (C=O) groups is 1. The maximum atomic E-state index is 11.7. The third-order valence-electron chi connectivity index (χ3n) is 10.6. The molecule has 3 nitrogen and oxygen atoms in total. The van der Waals surface area contributed by atoms with Crippen LogP contribution in [0.2, 0.25) is 0 Å². The summed E-state index contributed by atoms with van der Waals surface area (Å²) in [6, 6.07) is 0. The number of rotatable bonds is 4. The SMILES string of the molecule is COC(=O)CC[C@H](C)[C@H]1CC[C@H]2[C@@H]3CC[C@H]4CCCC[C@]4(C)[C@H]3[C@@H]3O[C@H]3[C@]12C. The third kappa shape index (κ3) is 2.60. The fraction of sp³-hybridized carbons (Fsp3) is 0.960. The zero-order valence-electron chi connectivity index (χ0n) is 18.4. The molecule has 5 fully saturated rings. The molecule has 0 aromatic rings. The Morgan fingerprint density at radius 2 is 1.96 bits per heavy atom. The van der Waals surface area contributed by atoms with Crippen LogP contribution in [0.15, 0.2) is 0 Å². The molecule has 5 rings (SSSR count). The minimum Gasteiger partial charge on any atom is -0.469 e. The molecule has 1 heterocycles. The van der Waals surface area contributed by atoms with Crippen molar-refractivity contribution in [2.45, 2.75) is 97.2 Å². The maximum Gasteiger partial charge on any atom is 0.305 e. The van der Waals surface area contributed by atoms with Gasteiger partial charge in [-0.3, -0.25) is 4.79 Å². The zero-order valence-corrected chi connectivity index (χ0v) is 18.4. The van der Waals surface area contributed by atoms with E-state index in [9.17, 15) is 4.79 Å². The molecule has 0 aromatic heterocycles. The number of fused-ring (bicyclic) bond motifs is 8. The van der Waals surface area contributed by atoms with Crippen LogP contribution in [0.3, 0.4) is 0 Å². The number of ether oxygens (including phenoxy) is 2. The van der Waals surface area contributed by atoms with Crippen molar-refractivity contribution >= 4 is 5.97 Å². The third-order valence-corrected chi connectivity index (χ3v) is 10.6. The van der Waals surface area contributed by atoms with Gasteiger partial charge in [0, 0.05) is 11.8 Å². The molecule has 1 aliphatic heterocycles. The van der Waals surface area contributed by atoms with Gasteiger partial charge in [0.15, 0.2) is 0 Å². The Bertz CT molecular complexity index is 631. The van der Waals surface area contributed by atoms with Crippen molar-refractivity contribution < 1.29 is 14.3 Å². The second kappa shape index (κ2) is 6.72. The largest absolute Gasteiger partial charge is 0.469 e. The van der Waals surface area contributed by atoms with Gasteiger partial charge in [-0.1, -0.05) is 33.6 Å². The van der Waals surface area contributed by atoms with Crippen LogP contribution in [0, 0.1) is 46.3 Å². The Morgan fingerprint density at radius 3 is 2.75 bits per heavy atom. The lowest BCUT2D eigenvalue weighted by molar-refractivity contribution is -0.141. The van der Waals surface area contributed by atoms with Gasteiger partial charge in [0.1, 0.15) is 0 Å². The predicted molar refractivity (Wildman–Crippen MR) is 110 cm³/mol. The lowest BCUT2D eigenvalue weighted by Gasteiger charge is -2.59. The highest BCUT2D eigenvalue weighted by molar-refractivity contribution is 5.69. The summed E-state index contributed by atoms with van der Waals surface area (Å²) in [6.07, 6.45) is 14.0. The first-order valence-electron chi connectivity index (χ1n) is 12.1. The second-order valence-electron chi connectivity index (χ2n) is 11.5. The van der Waals surface area contributed by atoms with Crippen LogP contribution in [-0.2, 0) is 14.3 Å². The molecular formula is C25H40O3. The van der Waals surface area contributed by atoms with Crippen LogP contribution < -0.4 is 0 Å². The topological polar surface area (TPSA) is 38.8 Å². The van der Waals surface area contributed by atoms with Crippen molar-refractivity contribution in [3.63, 3.8) is 0 Å². The number of hydrogen-bond acceptors (Lipinski definition) is 3. The summed E-state index contributed by atoms with van der Waals surface area (Å²) in [5.41, 5.74) is 0.871. The number of epoxide rings is 1. The summed E-state index contributed by atoms with van der Waals surface area (Å²) in [4.78, 5) is 11.7. The molecule has 5 aliphatic rings. The first-order chi connectivity index (χ1) is 13.4. The molecule has 0 amide bonds. The van der Waals surface area contributed by atoms with Gasteiger partial charge < -0.3 is 9.47 Å². The van der Waals surface area contributed by atoms with Gasteiger partial charge in [-0.15, -0.1) is 0 Å². The fourth-order valence-corrected chi connectivity index (χ4v) is 9.27. The fourth-order valence-electron chi connectivity index (χ4n) is 9.27. The van der Waals surface area contributed by atoms with Crippen molar-refractivity contribution in [3.05, 3.63) is 0 Å².